The van der Waals surface area contributed by atoms with E-state index >= 15 is 0 Å². The van der Waals surface area contributed by atoms with Crippen molar-refractivity contribution in [1.29, 1.82) is 0 Å². The molecule has 0 unspecified atom stereocenters. The normalized spacial score (nSPS) is 10.3. The fourth-order valence-electron chi connectivity index (χ4n) is 1.66. The largest absolute Gasteiger partial charge is 0.337 e. The van der Waals surface area contributed by atoms with E-state index in [0.29, 0.717) is 17.1 Å². The zero-order valence-corrected chi connectivity index (χ0v) is 11.1. The summed E-state index contributed by atoms with van der Waals surface area (Å²) < 4.78 is 12.7. The van der Waals surface area contributed by atoms with E-state index in [-0.39, 0.29) is 5.91 Å². The number of benzene rings is 1. The first-order valence-electron chi connectivity index (χ1n) is 5.68. The van der Waals surface area contributed by atoms with Crippen molar-refractivity contribution < 1.29 is 9.18 Å². The molecule has 0 fully saturated rings. The van der Waals surface area contributed by atoms with E-state index in [0.717, 1.165) is 5.56 Å². The van der Waals surface area contributed by atoms with Gasteiger partial charge in [-0.05, 0) is 29.8 Å². The Morgan fingerprint density at radius 2 is 1.95 bits per heavy atom. The van der Waals surface area contributed by atoms with Gasteiger partial charge in [-0.1, -0.05) is 23.7 Å². The van der Waals surface area contributed by atoms with Crippen LogP contribution in [0, 0.1) is 5.95 Å². The van der Waals surface area contributed by atoms with Crippen LogP contribution in [0.3, 0.4) is 0 Å². The van der Waals surface area contributed by atoms with E-state index in [1.54, 1.807) is 19.2 Å². The molecular formula is C14H12ClFN2O. The van der Waals surface area contributed by atoms with Crippen molar-refractivity contribution in [2.45, 2.75) is 6.54 Å². The standard InChI is InChI=1S/C14H12ClFN2O/c1-18(9-10-2-5-12(15)6-3-10)14(19)11-4-7-13(16)17-8-11/h2-8H,9H2,1H3. The maximum atomic E-state index is 12.7. The number of pyridine rings is 1. The molecule has 1 aromatic heterocycles. The van der Waals surface area contributed by atoms with Crippen molar-refractivity contribution in [2.75, 3.05) is 7.05 Å². The summed E-state index contributed by atoms with van der Waals surface area (Å²) in [6.45, 7) is 0.452. The second kappa shape index (κ2) is 5.80. The van der Waals surface area contributed by atoms with E-state index in [9.17, 15) is 9.18 Å². The minimum atomic E-state index is -0.600. The molecular weight excluding hydrogens is 267 g/mol. The van der Waals surface area contributed by atoms with Crippen LogP contribution >= 0.6 is 11.6 Å². The molecule has 2 rings (SSSR count). The van der Waals surface area contributed by atoms with Crippen LogP contribution in [0.4, 0.5) is 4.39 Å². The van der Waals surface area contributed by atoms with E-state index in [1.165, 1.54) is 23.2 Å². The predicted octanol–water partition coefficient (Wildman–Crippen LogP) is 3.15. The lowest BCUT2D eigenvalue weighted by Crippen LogP contribution is -2.26. The number of halogens is 2. The smallest absolute Gasteiger partial charge is 0.255 e. The van der Waals surface area contributed by atoms with Crippen molar-refractivity contribution in [3.63, 3.8) is 0 Å². The Morgan fingerprint density at radius 3 is 2.53 bits per heavy atom. The van der Waals surface area contributed by atoms with Gasteiger partial charge < -0.3 is 4.90 Å². The Kier molecular flexibility index (Phi) is 4.12. The van der Waals surface area contributed by atoms with E-state index in [4.69, 9.17) is 11.6 Å². The number of carbonyl (C=O) groups excluding carboxylic acids is 1. The first-order valence-corrected chi connectivity index (χ1v) is 6.05. The molecule has 1 aromatic carbocycles. The fourth-order valence-corrected chi connectivity index (χ4v) is 1.78. The molecule has 3 nitrogen and oxygen atoms in total. The molecule has 0 N–H and O–H groups in total. The lowest BCUT2D eigenvalue weighted by atomic mass is 10.2. The van der Waals surface area contributed by atoms with Crippen molar-refractivity contribution in [2.24, 2.45) is 0 Å². The van der Waals surface area contributed by atoms with Crippen LogP contribution < -0.4 is 0 Å². The van der Waals surface area contributed by atoms with Gasteiger partial charge in [0, 0.05) is 24.8 Å². The lowest BCUT2D eigenvalue weighted by molar-refractivity contribution is 0.0784. The lowest BCUT2D eigenvalue weighted by Gasteiger charge is -2.17. The Balaban J connectivity index is 2.07. The third-order valence-electron chi connectivity index (χ3n) is 2.65. The zero-order chi connectivity index (χ0) is 13.8. The van der Waals surface area contributed by atoms with Crippen LogP contribution in [0.15, 0.2) is 42.6 Å². The molecule has 0 aliphatic rings. The van der Waals surface area contributed by atoms with Gasteiger partial charge in [-0.25, -0.2) is 4.98 Å². The molecule has 0 bridgehead atoms. The highest BCUT2D eigenvalue weighted by atomic mass is 35.5. The Bertz CT molecular complexity index is 569. The quantitative estimate of drug-likeness (QED) is 0.808. The maximum absolute atomic E-state index is 12.7. The average Bonchev–Trinajstić information content (AvgIpc) is 2.41. The van der Waals surface area contributed by atoms with Gasteiger partial charge in [0.05, 0.1) is 5.56 Å². The third-order valence-corrected chi connectivity index (χ3v) is 2.91. The molecule has 0 spiro atoms. The van der Waals surface area contributed by atoms with Crippen molar-refractivity contribution in [3.05, 3.63) is 64.7 Å². The summed E-state index contributed by atoms with van der Waals surface area (Å²) in [5.74, 6) is -0.806. The number of amides is 1. The second-order valence-corrected chi connectivity index (χ2v) is 4.59. The maximum Gasteiger partial charge on any atom is 0.255 e. The monoisotopic (exact) mass is 278 g/mol. The van der Waals surface area contributed by atoms with Gasteiger partial charge in [0.2, 0.25) is 5.95 Å². The summed E-state index contributed by atoms with van der Waals surface area (Å²) >= 11 is 5.80. The number of carbonyl (C=O) groups is 1. The molecule has 0 saturated carbocycles. The highest BCUT2D eigenvalue weighted by molar-refractivity contribution is 6.30. The number of aromatic nitrogens is 1. The summed E-state index contributed by atoms with van der Waals surface area (Å²) in [6, 6.07) is 9.85. The molecule has 98 valence electrons. The molecule has 0 aliphatic carbocycles. The first-order chi connectivity index (χ1) is 9.06. The predicted molar refractivity (Wildman–Crippen MR) is 71.4 cm³/mol. The molecule has 0 radical (unpaired) electrons. The molecule has 0 saturated heterocycles. The SMILES string of the molecule is CN(Cc1ccc(Cl)cc1)C(=O)c1ccc(F)nc1. The number of rotatable bonds is 3. The second-order valence-electron chi connectivity index (χ2n) is 4.16. The van der Waals surface area contributed by atoms with Gasteiger partial charge in [-0.3, -0.25) is 4.79 Å². The van der Waals surface area contributed by atoms with Gasteiger partial charge in [-0.15, -0.1) is 0 Å². The van der Waals surface area contributed by atoms with Crippen LogP contribution in [-0.4, -0.2) is 22.8 Å². The van der Waals surface area contributed by atoms with Gasteiger partial charge in [0.1, 0.15) is 0 Å². The Labute approximate surface area is 115 Å². The van der Waals surface area contributed by atoms with Gasteiger partial charge in [0.25, 0.3) is 5.91 Å². The molecule has 1 amide bonds. The van der Waals surface area contributed by atoms with Gasteiger partial charge in [0.15, 0.2) is 0 Å². The Morgan fingerprint density at radius 1 is 1.26 bits per heavy atom. The van der Waals surface area contributed by atoms with E-state index in [2.05, 4.69) is 4.98 Å². The van der Waals surface area contributed by atoms with Crippen LogP contribution in [0.1, 0.15) is 15.9 Å². The summed E-state index contributed by atoms with van der Waals surface area (Å²) in [5.41, 5.74) is 1.33. The van der Waals surface area contributed by atoms with E-state index < -0.39 is 5.95 Å². The third kappa shape index (κ3) is 3.51. The molecule has 0 aliphatic heterocycles. The fraction of sp³-hybridized carbons (Fsp3) is 0.143. The minimum Gasteiger partial charge on any atom is -0.337 e. The topological polar surface area (TPSA) is 33.2 Å². The molecule has 2 aromatic rings. The van der Waals surface area contributed by atoms with Crippen LogP contribution in [-0.2, 0) is 6.54 Å². The Hall–Kier alpha value is -1.94. The van der Waals surface area contributed by atoms with Crippen LogP contribution in [0.2, 0.25) is 5.02 Å². The number of hydrogen-bond acceptors (Lipinski definition) is 2. The van der Waals surface area contributed by atoms with Crippen LogP contribution in [0.5, 0.6) is 0 Å². The van der Waals surface area contributed by atoms with Crippen molar-refractivity contribution in [3.8, 4) is 0 Å². The van der Waals surface area contributed by atoms with Crippen molar-refractivity contribution >= 4 is 17.5 Å². The van der Waals surface area contributed by atoms with Gasteiger partial charge in [-0.2, -0.15) is 4.39 Å². The number of hydrogen-bond donors (Lipinski definition) is 0. The molecule has 0 atom stereocenters. The summed E-state index contributed by atoms with van der Waals surface area (Å²) in [4.78, 5) is 17.1. The zero-order valence-electron chi connectivity index (χ0n) is 10.3. The number of nitrogens with zero attached hydrogens (tertiary/aromatic N) is 2. The highest BCUT2D eigenvalue weighted by Crippen LogP contribution is 2.12. The molecule has 1 heterocycles. The summed E-state index contributed by atoms with van der Waals surface area (Å²) in [5, 5.41) is 0.653. The summed E-state index contributed by atoms with van der Waals surface area (Å²) in [6.07, 6.45) is 1.23. The van der Waals surface area contributed by atoms with Crippen molar-refractivity contribution in [1.82, 2.24) is 9.88 Å². The molecule has 5 heteroatoms. The average molecular weight is 279 g/mol. The summed E-state index contributed by atoms with van der Waals surface area (Å²) in [7, 11) is 1.68. The molecule has 19 heavy (non-hydrogen) atoms. The van der Waals surface area contributed by atoms with Gasteiger partial charge >= 0.3 is 0 Å². The van der Waals surface area contributed by atoms with Crippen LogP contribution in [0.25, 0.3) is 0 Å². The minimum absolute atomic E-state index is 0.206. The first kappa shape index (κ1) is 13.5. The highest BCUT2D eigenvalue weighted by Gasteiger charge is 2.12. The van der Waals surface area contributed by atoms with E-state index in [1.807, 2.05) is 12.1 Å².